The van der Waals surface area contributed by atoms with Crippen LogP contribution >= 0.6 is 0 Å². The van der Waals surface area contributed by atoms with Crippen molar-refractivity contribution >= 4 is 34.6 Å². The number of methoxy groups -OCH3 is 1. The number of hydrogen-bond acceptors (Lipinski definition) is 6. The predicted octanol–water partition coefficient (Wildman–Crippen LogP) is 4.76. The SMILES string of the molecule is COc1cc(NC(=O)C2CCC(n3c(=O)[nH]c4cccc(C(=O)NC5CCN(C(=O)OC(C)(C)C)C5)c43)CC2)ccc1C. The van der Waals surface area contributed by atoms with Crippen LogP contribution in [0.25, 0.3) is 11.0 Å². The third-order valence-electron chi connectivity index (χ3n) is 8.27. The van der Waals surface area contributed by atoms with Crippen molar-refractivity contribution in [1.29, 1.82) is 0 Å². The van der Waals surface area contributed by atoms with Gasteiger partial charge in [0.2, 0.25) is 5.91 Å². The van der Waals surface area contributed by atoms with Gasteiger partial charge in [0, 0.05) is 42.8 Å². The van der Waals surface area contributed by atoms with Crippen molar-refractivity contribution in [1.82, 2.24) is 19.8 Å². The summed E-state index contributed by atoms with van der Waals surface area (Å²) in [5.74, 6) is 0.194. The number of nitrogens with one attached hydrogen (secondary N) is 3. The number of hydrogen-bond donors (Lipinski definition) is 3. The molecule has 1 atom stereocenters. The van der Waals surface area contributed by atoms with Crippen LogP contribution in [0.1, 0.15) is 74.8 Å². The molecule has 2 heterocycles. The maximum absolute atomic E-state index is 13.5. The molecule has 1 aliphatic heterocycles. The summed E-state index contributed by atoms with van der Waals surface area (Å²) in [4.78, 5) is 56.7. The minimum atomic E-state index is -0.593. The van der Waals surface area contributed by atoms with Crippen molar-refractivity contribution in [3.05, 3.63) is 58.0 Å². The van der Waals surface area contributed by atoms with Crippen LogP contribution in [0.2, 0.25) is 0 Å². The molecule has 2 aliphatic rings. The standard InChI is InChI=1S/C32H41N5O6/c1-19-9-12-21(17-26(19)42-5)33-28(38)20-10-13-23(14-11-20)37-27-24(7-6-8-25(27)35-30(37)40)29(39)34-22-15-16-36(18-22)31(41)43-32(2,3)4/h6-9,12,17,20,22-23H,10-11,13-16,18H2,1-5H3,(H,33,38)(H,34,39)(H,35,40). The number of nitrogens with zero attached hydrogens (tertiary/aromatic N) is 2. The molecule has 11 nitrogen and oxygen atoms in total. The van der Waals surface area contributed by atoms with Crippen LogP contribution in [0.4, 0.5) is 10.5 Å². The van der Waals surface area contributed by atoms with E-state index in [0.29, 0.717) is 73.2 Å². The topological polar surface area (TPSA) is 135 Å². The third kappa shape index (κ3) is 6.71. The molecule has 2 aromatic carbocycles. The number of likely N-dealkylation sites (tertiary alicyclic amines) is 1. The van der Waals surface area contributed by atoms with Crippen LogP contribution < -0.4 is 21.1 Å². The Hall–Kier alpha value is -4.28. The van der Waals surface area contributed by atoms with Gasteiger partial charge in [0.1, 0.15) is 11.4 Å². The lowest BCUT2D eigenvalue weighted by Crippen LogP contribution is -2.40. The number of aromatic amines is 1. The monoisotopic (exact) mass is 591 g/mol. The zero-order chi connectivity index (χ0) is 30.9. The van der Waals surface area contributed by atoms with E-state index in [9.17, 15) is 19.2 Å². The van der Waals surface area contributed by atoms with Gasteiger partial charge in [0.15, 0.2) is 0 Å². The summed E-state index contributed by atoms with van der Waals surface area (Å²) in [6.45, 7) is 8.26. The first-order chi connectivity index (χ1) is 20.4. The molecule has 43 heavy (non-hydrogen) atoms. The summed E-state index contributed by atoms with van der Waals surface area (Å²) < 4.78 is 12.5. The van der Waals surface area contributed by atoms with Crippen LogP contribution in [0.3, 0.4) is 0 Å². The molecule has 1 saturated heterocycles. The Bertz CT molecular complexity index is 1580. The van der Waals surface area contributed by atoms with E-state index in [1.54, 1.807) is 34.8 Å². The Morgan fingerprint density at radius 3 is 2.47 bits per heavy atom. The summed E-state index contributed by atoms with van der Waals surface area (Å²) in [6.07, 6.45) is 2.72. The Morgan fingerprint density at radius 1 is 1.02 bits per heavy atom. The zero-order valence-corrected chi connectivity index (χ0v) is 25.5. The molecule has 2 fully saturated rings. The minimum absolute atomic E-state index is 0.0484. The number of benzene rings is 2. The second-order valence-electron chi connectivity index (χ2n) is 12.6. The molecule has 230 valence electrons. The maximum atomic E-state index is 13.5. The number of fused-ring (bicyclic) bond motifs is 1. The van der Waals surface area contributed by atoms with Gasteiger partial charge in [-0.2, -0.15) is 0 Å². The van der Waals surface area contributed by atoms with Gasteiger partial charge in [-0.1, -0.05) is 12.1 Å². The van der Waals surface area contributed by atoms with E-state index in [1.807, 2.05) is 45.9 Å². The number of para-hydroxylation sites is 1. The molecule has 1 aliphatic carbocycles. The molecule has 11 heteroatoms. The van der Waals surface area contributed by atoms with E-state index in [1.165, 1.54) is 0 Å². The Morgan fingerprint density at radius 2 is 1.77 bits per heavy atom. The number of ether oxygens (including phenoxy) is 2. The fourth-order valence-electron chi connectivity index (χ4n) is 6.08. The van der Waals surface area contributed by atoms with Crippen LogP contribution in [0, 0.1) is 12.8 Å². The van der Waals surface area contributed by atoms with Crippen LogP contribution in [-0.2, 0) is 9.53 Å². The fraction of sp³-hybridized carbons (Fsp3) is 0.500. The second kappa shape index (κ2) is 12.1. The van der Waals surface area contributed by atoms with Crippen molar-refractivity contribution in [3.8, 4) is 5.75 Å². The van der Waals surface area contributed by atoms with Gasteiger partial charge >= 0.3 is 11.8 Å². The lowest BCUT2D eigenvalue weighted by Gasteiger charge is -2.29. The van der Waals surface area contributed by atoms with Crippen LogP contribution in [0.5, 0.6) is 5.75 Å². The molecule has 0 radical (unpaired) electrons. The third-order valence-corrected chi connectivity index (χ3v) is 8.27. The molecule has 3 aromatic rings. The maximum Gasteiger partial charge on any atom is 0.410 e. The highest BCUT2D eigenvalue weighted by molar-refractivity contribution is 6.05. The minimum Gasteiger partial charge on any atom is -0.496 e. The summed E-state index contributed by atoms with van der Waals surface area (Å²) in [6, 6.07) is 10.5. The number of aromatic nitrogens is 2. The second-order valence-corrected chi connectivity index (χ2v) is 12.6. The molecule has 3 amide bonds. The highest BCUT2D eigenvalue weighted by Crippen LogP contribution is 2.35. The summed E-state index contributed by atoms with van der Waals surface area (Å²) in [7, 11) is 1.60. The first kappa shape index (κ1) is 30.2. The fourth-order valence-corrected chi connectivity index (χ4v) is 6.08. The molecular weight excluding hydrogens is 550 g/mol. The van der Waals surface area contributed by atoms with E-state index in [0.717, 1.165) is 5.56 Å². The Labute approximate surface area is 250 Å². The average molecular weight is 592 g/mol. The summed E-state index contributed by atoms with van der Waals surface area (Å²) in [5, 5.41) is 6.06. The van der Waals surface area contributed by atoms with Gasteiger partial charge in [-0.05, 0) is 83.6 Å². The van der Waals surface area contributed by atoms with Crippen LogP contribution in [0.15, 0.2) is 41.2 Å². The lowest BCUT2D eigenvalue weighted by atomic mass is 9.85. The van der Waals surface area contributed by atoms with Crippen molar-refractivity contribution in [2.75, 3.05) is 25.5 Å². The van der Waals surface area contributed by atoms with Gasteiger partial charge in [-0.15, -0.1) is 0 Å². The number of H-pyrrole nitrogens is 1. The van der Waals surface area contributed by atoms with Gasteiger partial charge in [-0.3, -0.25) is 14.2 Å². The highest BCUT2D eigenvalue weighted by Gasteiger charge is 2.33. The van der Waals surface area contributed by atoms with Crippen molar-refractivity contribution in [2.24, 2.45) is 5.92 Å². The van der Waals surface area contributed by atoms with Crippen molar-refractivity contribution in [2.45, 2.75) is 77.5 Å². The van der Waals surface area contributed by atoms with Crippen LogP contribution in [-0.4, -0.2) is 64.2 Å². The molecule has 1 unspecified atom stereocenters. The van der Waals surface area contributed by atoms with Gasteiger partial charge < -0.3 is 30.0 Å². The lowest BCUT2D eigenvalue weighted by molar-refractivity contribution is -0.121. The van der Waals surface area contributed by atoms with E-state index in [-0.39, 0.29) is 35.5 Å². The predicted molar refractivity (Wildman–Crippen MR) is 164 cm³/mol. The number of aryl methyl sites for hydroxylation is 1. The zero-order valence-electron chi connectivity index (χ0n) is 25.5. The van der Waals surface area contributed by atoms with Crippen molar-refractivity contribution < 1.29 is 23.9 Å². The average Bonchev–Trinajstić information content (AvgIpc) is 3.56. The molecule has 5 rings (SSSR count). The van der Waals surface area contributed by atoms with E-state index >= 15 is 0 Å². The number of anilines is 1. The van der Waals surface area contributed by atoms with Crippen molar-refractivity contribution in [3.63, 3.8) is 0 Å². The summed E-state index contributed by atoms with van der Waals surface area (Å²) >= 11 is 0. The first-order valence-corrected chi connectivity index (χ1v) is 14.9. The van der Waals surface area contributed by atoms with Gasteiger partial charge in [0.05, 0.1) is 23.7 Å². The molecule has 0 spiro atoms. The normalized spacial score (nSPS) is 20.6. The number of carbonyl (C=O) groups excluding carboxylic acids is 3. The number of rotatable bonds is 6. The summed E-state index contributed by atoms with van der Waals surface area (Å²) in [5.41, 5.74) is 2.37. The molecule has 3 N–H and O–H groups in total. The Balaban J connectivity index is 1.26. The number of amides is 3. The smallest absolute Gasteiger partial charge is 0.410 e. The Kier molecular flexibility index (Phi) is 8.52. The molecule has 0 bridgehead atoms. The molecular formula is C32H41N5O6. The van der Waals surface area contributed by atoms with Gasteiger partial charge in [-0.25, -0.2) is 9.59 Å². The van der Waals surface area contributed by atoms with Gasteiger partial charge in [0.25, 0.3) is 5.91 Å². The largest absolute Gasteiger partial charge is 0.496 e. The number of imidazole rings is 1. The van der Waals surface area contributed by atoms with E-state index < -0.39 is 11.7 Å². The molecule has 1 aromatic heterocycles. The van der Waals surface area contributed by atoms with E-state index in [4.69, 9.17) is 9.47 Å². The number of carbonyl (C=O) groups is 3. The highest BCUT2D eigenvalue weighted by atomic mass is 16.6. The quantitative estimate of drug-likeness (QED) is 0.379. The first-order valence-electron chi connectivity index (χ1n) is 14.9. The van der Waals surface area contributed by atoms with E-state index in [2.05, 4.69) is 15.6 Å². The molecule has 1 saturated carbocycles.